The quantitative estimate of drug-likeness (QED) is 0.669. The molecule has 2 aliphatic rings. The molecular formula is C23H30N4O2+2. The van der Waals surface area contributed by atoms with Gasteiger partial charge in [0.1, 0.15) is 32.7 Å². The van der Waals surface area contributed by atoms with Crippen LogP contribution in [0, 0.1) is 0 Å². The molecule has 0 aromatic heterocycles. The van der Waals surface area contributed by atoms with Crippen LogP contribution in [-0.2, 0) is 16.1 Å². The molecule has 2 aliphatic heterocycles. The number of rotatable bonds is 4. The first-order valence-corrected chi connectivity index (χ1v) is 10.5. The first-order valence-electron chi connectivity index (χ1n) is 10.5. The van der Waals surface area contributed by atoms with E-state index >= 15 is 0 Å². The van der Waals surface area contributed by atoms with Gasteiger partial charge >= 0.3 is 0 Å². The number of nitrogens with zero attached hydrogens (tertiary/aromatic N) is 1. The summed E-state index contributed by atoms with van der Waals surface area (Å²) in [6, 6.07) is 18.1. The summed E-state index contributed by atoms with van der Waals surface area (Å²) in [6.45, 7) is 7.62. The zero-order valence-electron chi connectivity index (χ0n) is 17.0. The Bertz CT molecular complexity index is 862. The van der Waals surface area contributed by atoms with Crippen molar-refractivity contribution in [2.45, 2.75) is 25.9 Å². The summed E-state index contributed by atoms with van der Waals surface area (Å²) in [4.78, 5) is 30.1. The average Bonchev–Trinajstić information content (AvgIpc) is 2.84. The monoisotopic (exact) mass is 394 g/mol. The molecule has 6 heteroatoms. The van der Waals surface area contributed by atoms with Crippen LogP contribution in [0.3, 0.4) is 0 Å². The van der Waals surface area contributed by atoms with Gasteiger partial charge in [0.05, 0.1) is 11.4 Å². The number of quaternary nitrogens is 2. The topological polar surface area (TPSA) is 58.3 Å². The predicted molar refractivity (Wildman–Crippen MR) is 113 cm³/mol. The maximum Gasteiger partial charge on any atom is 0.282 e. The number of amides is 2. The van der Waals surface area contributed by atoms with Crippen LogP contribution in [0.15, 0.2) is 54.6 Å². The van der Waals surface area contributed by atoms with E-state index in [1.54, 1.807) is 4.90 Å². The summed E-state index contributed by atoms with van der Waals surface area (Å²) in [7, 11) is 0. The largest absolute Gasteiger partial charge is 0.324 e. The lowest BCUT2D eigenvalue weighted by atomic mass is 10.1. The van der Waals surface area contributed by atoms with Crippen LogP contribution >= 0.6 is 0 Å². The number of hydrogen-bond acceptors (Lipinski definition) is 2. The molecule has 152 valence electrons. The second-order valence-electron chi connectivity index (χ2n) is 8.22. The standard InChI is InChI=1S/C23H28N4O2/c1-18-15-22(28)24-20-9-5-6-10-21(20)27(18)23(29)17-26-13-11-25(12-14-26)16-19-7-3-2-4-8-19/h2-10,18H,11-17H2,1H3,(H,24,28)/p+2/t18-/m0/s1. The van der Waals surface area contributed by atoms with Crippen molar-refractivity contribution >= 4 is 23.2 Å². The lowest BCUT2D eigenvalue weighted by Crippen LogP contribution is -3.28. The number of anilines is 2. The fraction of sp³-hybridized carbons (Fsp3) is 0.391. The van der Waals surface area contributed by atoms with Gasteiger partial charge in [-0.25, -0.2) is 0 Å². The summed E-state index contributed by atoms with van der Waals surface area (Å²) in [6.07, 6.45) is 0.324. The highest BCUT2D eigenvalue weighted by Gasteiger charge is 2.33. The maximum atomic E-state index is 13.2. The van der Waals surface area contributed by atoms with Gasteiger partial charge in [-0.3, -0.25) is 9.59 Å². The van der Waals surface area contributed by atoms with Crippen molar-refractivity contribution in [3.8, 4) is 0 Å². The molecule has 29 heavy (non-hydrogen) atoms. The van der Waals surface area contributed by atoms with Crippen LogP contribution in [0.2, 0.25) is 0 Å². The smallest absolute Gasteiger partial charge is 0.282 e. The van der Waals surface area contributed by atoms with E-state index in [4.69, 9.17) is 0 Å². The van der Waals surface area contributed by atoms with E-state index in [1.807, 2.05) is 36.1 Å². The highest BCUT2D eigenvalue weighted by atomic mass is 16.2. The van der Waals surface area contributed by atoms with Gasteiger partial charge in [-0.05, 0) is 19.1 Å². The normalized spacial score (nSPS) is 24.4. The number of piperazine rings is 1. The van der Waals surface area contributed by atoms with Gasteiger partial charge in [0.25, 0.3) is 5.91 Å². The Hall–Kier alpha value is -2.70. The lowest BCUT2D eigenvalue weighted by molar-refractivity contribution is -1.02. The van der Waals surface area contributed by atoms with Crippen molar-refractivity contribution in [3.05, 3.63) is 60.2 Å². The van der Waals surface area contributed by atoms with Crippen molar-refractivity contribution in [1.29, 1.82) is 0 Å². The van der Waals surface area contributed by atoms with Crippen LogP contribution in [0.25, 0.3) is 0 Å². The maximum absolute atomic E-state index is 13.2. The van der Waals surface area contributed by atoms with Gasteiger partial charge in [0.2, 0.25) is 5.91 Å². The van der Waals surface area contributed by atoms with E-state index in [1.165, 1.54) is 10.5 Å². The number of nitrogens with one attached hydrogen (secondary N) is 3. The molecule has 3 N–H and O–H groups in total. The Morgan fingerprint density at radius 2 is 1.66 bits per heavy atom. The Balaban J connectivity index is 1.38. The number of carbonyl (C=O) groups is 2. The van der Waals surface area contributed by atoms with E-state index in [0.717, 1.165) is 44.1 Å². The van der Waals surface area contributed by atoms with E-state index in [-0.39, 0.29) is 17.9 Å². The highest BCUT2D eigenvalue weighted by molar-refractivity contribution is 6.04. The fourth-order valence-electron chi connectivity index (χ4n) is 4.46. The number of benzene rings is 2. The fourth-order valence-corrected chi connectivity index (χ4v) is 4.46. The Kier molecular flexibility index (Phi) is 5.92. The van der Waals surface area contributed by atoms with Crippen molar-refractivity contribution < 1.29 is 19.4 Å². The molecule has 2 aromatic rings. The third kappa shape index (κ3) is 4.66. The summed E-state index contributed by atoms with van der Waals surface area (Å²) >= 11 is 0. The summed E-state index contributed by atoms with van der Waals surface area (Å²) in [5.74, 6) is 0.0636. The molecule has 4 rings (SSSR count). The lowest BCUT2D eigenvalue weighted by Gasteiger charge is -2.32. The van der Waals surface area contributed by atoms with Crippen LogP contribution < -0.4 is 20.0 Å². The minimum Gasteiger partial charge on any atom is -0.324 e. The molecule has 6 nitrogen and oxygen atoms in total. The minimum atomic E-state index is -0.143. The van der Waals surface area contributed by atoms with E-state index < -0.39 is 0 Å². The second kappa shape index (κ2) is 8.76. The van der Waals surface area contributed by atoms with Crippen LogP contribution in [0.4, 0.5) is 11.4 Å². The van der Waals surface area contributed by atoms with Crippen molar-refractivity contribution in [1.82, 2.24) is 0 Å². The number of fused-ring (bicyclic) bond motifs is 1. The van der Waals surface area contributed by atoms with Crippen molar-refractivity contribution in [3.63, 3.8) is 0 Å². The average molecular weight is 395 g/mol. The molecule has 2 heterocycles. The van der Waals surface area contributed by atoms with Gasteiger partial charge in [-0.1, -0.05) is 42.5 Å². The predicted octanol–water partition coefficient (Wildman–Crippen LogP) is -0.266. The highest BCUT2D eigenvalue weighted by Crippen LogP contribution is 2.30. The van der Waals surface area contributed by atoms with E-state index in [9.17, 15) is 9.59 Å². The molecule has 0 radical (unpaired) electrons. The third-order valence-electron chi connectivity index (χ3n) is 5.99. The summed E-state index contributed by atoms with van der Waals surface area (Å²) in [5.41, 5.74) is 2.90. The van der Waals surface area contributed by atoms with E-state index in [0.29, 0.717) is 13.0 Å². The summed E-state index contributed by atoms with van der Waals surface area (Å²) in [5, 5.41) is 2.93. The van der Waals surface area contributed by atoms with E-state index in [2.05, 4.69) is 35.6 Å². The van der Waals surface area contributed by atoms with Gasteiger partial charge in [0, 0.05) is 18.0 Å². The first-order chi connectivity index (χ1) is 14.1. The van der Waals surface area contributed by atoms with Gasteiger partial charge < -0.3 is 20.0 Å². The molecule has 0 unspecified atom stereocenters. The molecule has 0 bridgehead atoms. The number of carbonyl (C=O) groups excluding carboxylic acids is 2. The molecule has 0 aliphatic carbocycles. The Morgan fingerprint density at radius 3 is 2.41 bits per heavy atom. The molecular weight excluding hydrogens is 364 g/mol. The first kappa shape index (κ1) is 19.6. The van der Waals surface area contributed by atoms with Crippen molar-refractivity contribution in [2.75, 3.05) is 42.9 Å². The zero-order chi connectivity index (χ0) is 20.2. The molecule has 2 aromatic carbocycles. The molecule has 1 saturated heterocycles. The molecule has 1 atom stereocenters. The van der Waals surface area contributed by atoms with Gasteiger partial charge in [-0.2, -0.15) is 0 Å². The molecule has 2 amide bonds. The Morgan fingerprint density at radius 1 is 1.00 bits per heavy atom. The van der Waals surface area contributed by atoms with Gasteiger partial charge in [-0.15, -0.1) is 0 Å². The molecule has 0 saturated carbocycles. The Labute approximate surface area is 172 Å². The number of hydrogen-bond donors (Lipinski definition) is 3. The SMILES string of the molecule is C[C@H]1CC(=O)Nc2ccccc2N1C(=O)C[NH+]1CC[NH+](Cc2ccccc2)CC1. The zero-order valence-corrected chi connectivity index (χ0v) is 17.0. The molecule has 1 fully saturated rings. The van der Waals surface area contributed by atoms with Crippen LogP contribution in [0.5, 0.6) is 0 Å². The van der Waals surface area contributed by atoms with Crippen LogP contribution in [-0.4, -0.2) is 50.6 Å². The number of para-hydroxylation sites is 2. The molecule has 0 spiro atoms. The second-order valence-corrected chi connectivity index (χ2v) is 8.22. The third-order valence-corrected chi connectivity index (χ3v) is 5.99. The van der Waals surface area contributed by atoms with Crippen LogP contribution in [0.1, 0.15) is 18.9 Å². The van der Waals surface area contributed by atoms with Gasteiger partial charge in [0.15, 0.2) is 6.54 Å². The van der Waals surface area contributed by atoms with Crippen molar-refractivity contribution in [2.24, 2.45) is 0 Å². The minimum absolute atomic E-state index is 0.0364. The summed E-state index contributed by atoms with van der Waals surface area (Å²) < 4.78 is 0.